The Morgan fingerprint density at radius 2 is 2.04 bits per heavy atom. The smallest absolute Gasteiger partial charge is 0.142 e. The minimum Gasteiger partial charge on any atom is -0.331 e. The third-order valence-electron chi connectivity index (χ3n) is 5.74. The van der Waals surface area contributed by atoms with Gasteiger partial charge in [0.15, 0.2) is 0 Å². The van der Waals surface area contributed by atoms with Gasteiger partial charge in [0.1, 0.15) is 11.6 Å². The lowest BCUT2D eigenvalue weighted by Gasteiger charge is -2.44. The molecule has 0 spiro atoms. The van der Waals surface area contributed by atoms with Crippen LogP contribution in [0.15, 0.2) is 30.6 Å². The lowest BCUT2D eigenvalue weighted by atomic mass is 9.83. The van der Waals surface area contributed by atoms with Crippen molar-refractivity contribution in [1.82, 2.24) is 14.5 Å². The van der Waals surface area contributed by atoms with Gasteiger partial charge in [-0.25, -0.2) is 9.37 Å². The van der Waals surface area contributed by atoms with E-state index >= 15 is 0 Å². The predicted molar refractivity (Wildman–Crippen MR) is 94.3 cm³/mol. The monoisotopic (exact) mass is 327 g/mol. The Bertz CT molecular complexity index is 707. The van der Waals surface area contributed by atoms with Gasteiger partial charge in [-0.3, -0.25) is 0 Å². The fourth-order valence-corrected chi connectivity index (χ4v) is 4.55. The first-order valence-corrected chi connectivity index (χ1v) is 9.24. The molecule has 2 aromatic rings. The van der Waals surface area contributed by atoms with E-state index in [0.717, 1.165) is 17.9 Å². The molecule has 0 saturated carbocycles. The van der Waals surface area contributed by atoms with Crippen molar-refractivity contribution >= 4 is 0 Å². The van der Waals surface area contributed by atoms with Crippen LogP contribution >= 0.6 is 0 Å². The van der Waals surface area contributed by atoms with Crippen LogP contribution in [0, 0.1) is 18.7 Å². The highest BCUT2D eigenvalue weighted by atomic mass is 19.1. The number of benzene rings is 1. The molecule has 1 aromatic heterocycles. The summed E-state index contributed by atoms with van der Waals surface area (Å²) in [5.41, 5.74) is 1.56. The summed E-state index contributed by atoms with van der Waals surface area (Å²) in [6.07, 6.45) is 10.4. The first-order chi connectivity index (χ1) is 11.7. The molecule has 24 heavy (non-hydrogen) atoms. The fourth-order valence-electron chi connectivity index (χ4n) is 4.55. The Hall–Kier alpha value is -1.68. The lowest BCUT2D eigenvalue weighted by molar-refractivity contribution is 0.0521. The quantitative estimate of drug-likeness (QED) is 0.840. The van der Waals surface area contributed by atoms with Crippen LogP contribution in [-0.4, -0.2) is 33.6 Å². The second kappa shape index (κ2) is 6.67. The summed E-state index contributed by atoms with van der Waals surface area (Å²) in [5, 5.41) is 0. The minimum atomic E-state index is -0.176. The van der Waals surface area contributed by atoms with Gasteiger partial charge < -0.3 is 9.47 Å². The van der Waals surface area contributed by atoms with Crippen molar-refractivity contribution in [1.29, 1.82) is 0 Å². The SMILES string of the molecule is Cc1ccc(-c2nccn2C[C@@H]2CCCN3CCCC[C@H]23)c(F)c1. The molecular weight excluding hydrogens is 301 g/mol. The Morgan fingerprint density at radius 1 is 1.17 bits per heavy atom. The molecule has 128 valence electrons. The van der Waals surface area contributed by atoms with E-state index in [2.05, 4.69) is 14.5 Å². The molecule has 1 aromatic carbocycles. The molecule has 2 fully saturated rings. The van der Waals surface area contributed by atoms with Gasteiger partial charge in [0.05, 0.1) is 5.56 Å². The van der Waals surface area contributed by atoms with Crippen molar-refractivity contribution in [3.8, 4) is 11.4 Å². The molecule has 0 bridgehead atoms. The van der Waals surface area contributed by atoms with Gasteiger partial charge in [-0.15, -0.1) is 0 Å². The van der Waals surface area contributed by atoms with E-state index in [0.29, 0.717) is 17.5 Å². The zero-order valence-electron chi connectivity index (χ0n) is 14.4. The summed E-state index contributed by atoms with van der Waals surface area (Å²) in [6.45, 7) is 5.37. The molecule has 0 N–H and O–H groups in total. The van der Waals surface area contributed by atoms with Crippen LogP contribution in [0.2, 0.25) is 0 Å². The number of hydrogen-bond donors (Lipinski definition) is 0. The maximum atomic E-state index is 14.4. The first-order valence-electron chi connectivity index (χ1n) is 9.24. The van der Waals surface area contributed by atoms with Gasteiger partial charge in [-0.2, -0.15) is 0 Å². The van der Waals surface area contributed by atoms with Gasteiger partial charge in [-0.05, 0) is 69.3 Å². The van der Waals surface area contributed by atoms with E-state index in [-0.39, 0.29) is 5.82 Å². The van der Waals surface area contributed by atoms with E-state index in [1.54, 1.807) is 12.3 Å². The van der Waals surface area contributed by atoms with Crippen molar-refractivity contribution in [2.75, 3.05) is 13.1 Å². The number of aromatic nitrogens is 2. The lowest BCUT2D eigenvalue weighted by Crippen LogP contribution is -2.49. The van der Waals surface area contributed by atoms with E-state index < -0.39 is 0 Å². The van der Waals surface area contributed by atoms with Gasteiger partial charge in [0, 0.05) is 25.0 Å². The number of aryl methyl sites for hydroxylation is 1. The maximum absolute atomic E-state index is 14.4. The Morgan fingerprint density at radius 3 is 2.92 bits per heavy atom. The average Bonchev–Trinajstić information content (AvgIpc) is 3.03. The Labute approximate surface area is 143 Å². The molecule has 4 heteroatoms. The summed E-state index contributed by atoms with van der Waals surface area (Å²) in [7, 11) is 0. The molecule has 2 aliphatic heterocycles. The molecular formula is C20H26FN3. The summed E-state index contributed by atoms with van der Waals surface area (Å²) < 4.78 is 16.5. The van der Waals surface area contributed by atoms with Crippen LogP contribution in [0.3, 0.4) is 0 Å². The van der Waals surface area contributed by atoms with Crippen LogP contribution in [-0.2, 0) is 6.54 Å². The highest BCUT2D eigenvalue weighted by Crippen LogP contribution is 2.33. The minimum absolute atomic E-state index is 0.176. The number of halogens is 1. The van der Waals surface area contributed by atoms with Gasteiger partial charge in [-0.1, -0.05) is 12.5 Å². The zero-order chi connectivity index (χ0) is 16.5. The van der Waals surface area contributed by atoms with E-state index in [1.807, 2.05) is 25.3 Å². The average molecular weight is 327 g/mol. The van der Waals surface area contributed by atoms with Gasteiger partial charge >= 0.3 is 0 Å². The van der Waals surface area contributed by atoms with Gasteiger partial charge in [0.2, 0.25) is 0 Å². The number of nitrogens with zero attached hydrogens (tertiary/aromatic N) is 3. The van der Waals surface area contributed by atoms with E-state index in [1.165, 1.54) is 45.2 Å². The third kappa shape index (κ3) is 3.00. The third-order valence-corrected chi connectivity index (χ3v) is 5.74. The Kier molecular flexibility index (Phi) is 4.40. The van der Waals surface area contributed by atoms with Crippen LogP contribution in [0.5, 0.6) is 0 Å². The number of rotatable bonds is 3. The topological polar surface area (TPSA) is 21.1 Å². The van der Waals surface area contributed by atoms with Gasteiger partial charge in [0.25, 0.3) is 0 Å². The molecule has 0 amide bonds. The van der Waals surface area contributed by atoms with Crippen molar-refractivity contribution in [2.45, 2.75) is 51.6 Å². The molecule has 0 aliphatic carbocycles. The number of fused-ring (bicyclic) bond motifs is 1. The van der Waals surface area contributed by atoms with E-state index in [9.17, 15) is 4.39 Å². The number of imidazole rings is 1. The predicted octanol–water partition coefficient (Wildman–Crippen LogP) is 4.26. The Balaban J connectivity index is 1.58. The maximum Gasteiger partial charge on any atom is 0.142 e. The molecule has 3 nitrogen and oxygen atoms in total. The highest BCUT2D eigenvalue weighted by molar-refractivity contribution is 5.57. The van der Waals surface area contributed by atoms with Crippen LogP contribution in [0.4, 0.5) is 4.39 Å². The van der Waals surface area contributed by atoms with Crippen LogP contribution < -0.4 is 0 Å². The van der Waals surface area contributed by atoms with Crippen molar-refractivity contribution in [3.05, 3.63) is 42.0 Å². The molecule has 2 saturated heterocycles. The zero-order valence-corrected chi connectivity index (χ0v) is 14.4. The summed E-state index contributed by atoms with van der Waals surface area (Å²) in [6, 6.07) is 6.11. The standard InChI is InChI=1S/C20H26FN3/c1-15-7-8-17(18(21)13-15)20-22-9-12-24(20)14-16-5-4-11-23-10-3-2-6-19(16)23/h7-9,12-13,16,19H,2-6,10-11,14H2,1H3/t16-,19+/m0/s1. The van der Waals surface area contributed by atoms with Crippen molar-refractivity contribution in [3.63, 3.8) is 0 Å². The summed E-state index contributed by atoms with van der Waals surface area (Å²) >= 11 is 0. The number of piperidine rings is 2. The van der Waals surface area contributed by atoms with Crippen LogP contribution in [0.25, 0.3) is 11.4 Å². The normalized spacial score (nSPS) is 24.8. The van der Waals surface area contributed by atoms with E-state index in [4.69, 9.17) is 0 Å². The summed E-state index contributed by atoms with van der Waals surface area (Å²) in [4.78, 5) is 7.14. The molecule has 0 unspecified atom stereocenters. The first kappa shape index (κ1) is 15.8. The highest BCUT2D eigenvalue weighted by Gasteiger charge is 2.33. The molecule has 4 rings (SSSR count). The fraction of sp³-hybridized carbons (Fsp3) is 0.550. The van der Waals surface area contributed by atoms with Crippen molar-refractivity contribution < 1.29 is 4.39 Å². The van der Waals surface area contributed by atoms with Crippen molar-refractivity contribution in [2.24, 2.45) is 5.92 Å². The number of hydrogen-bond acceptors (Lipinski definition) is 2. The largest absolute Gasteiger partial charge is 0.331 e. The summed E-state index contributed by atoms with van der Waals surface area (Å²) in [5.74, 6) is 1.24. The molecule has 3 heterocycles. The van der Waals surface area contributed by atoms with Crippen LogP contribution in [0.1, 0.15) is 37.7 Å². The molecule has 2 aliphatic rings. The molecule has 2 atom stereocenters. The second-order valence-electron chi connectivity index (χ2n) is 7.39. The second-order valence-corrected chi connectivity index (χ2v) is 7.39. The molecule has 0 radical (unpaired) electrons.